The highest BCUT2D eigenvalue weighted by Gasteiger charge is 2.04. The fourth-order valence-corrected chi connectivity index (χ4v) is 1.56. The summed E-state index contributed by atoms with van der Waals surface area (Å²) in [5.74, 6) is 0.772. The summed E-state index contributed by atoms with van der Waals surface area (Å²) in [6.45, 7) is 5.77. The third-order valence-electron chi connectivity index (χ3n) is 2.51. The SMILES string of the molecule is CCCOCCCNCC(O)COCc1ccco1. The molecule has 19 heavy (non-hydrogen) atoms. The molecule has 5 heteroatoms. The number of ether oxygens (including phenoxy) is 2. The molecule has 5 nitrogen and oxygen atoms in total. The summed E-state index contributed by atoms with van der Waals surface area (Å²) >= 11 is 0. The molecule has 0 saturated carbocycles. The Kier molecular flexibility index (Phi) is 9.36. The van der Waals surface area contributed by atoms with E-state index < -0.39 is 6.10 Å². The Morgan fingerprint density at radius 2 is 2.26 bits per heavy atom. The second-order valence-electron chi connectivity index (χ2n) is 4.42. The van der Waals surface area contributed by atoms with Crippen molar-refractivity contribution in [1.29, 1.82) is 0 Å². The van der Waals surface area contributed by atoms with Crippen molar-refractivity contribution in [2.45, 2.75) is 32.5 Å². The second kappa shape index (κ2) is 11.0. The summed E-state index contributed by atoms with van der Waals surface area (Å²) in [4.78, 5) is 0. The molecule has 0 amide bonds. The lowest BCUT2D eigenvalue weighted by atomic mass is 10.3. The third kappa shape index (κ3) is 8.77. The van der Waals surface area contributed by atoms with Crippen LogP contribution in [0.1, 0.15) is 25.5 Å². The van der Waals surface area contributed by atoms with Crippen molar-refractivity contribution in [3.63, 3.8) is 0 Å². The molecule has 0 aromatic carbocycles. The minimum absolute atomic E-state index is 0.306. The molecule has 2 N–H and O–H groups in total. The van der Waals surface area contributed by atoms with E-state index in [9.17, 15) is 5.11 Å². The number of furan rings is 1. The maximum atomic E-state index is 9.67. The number of aliphatic hydroxyl groups is 1. The van der Waals surface area contributed by atoms with E-state index in [2.05, 4.69) is 12.2 Å². The van der Waals surface area contributed by atoms with E-state index in [1.807, 2.05) is 12.1 Å². The molecule has 0 radical (unpaired) electrons. The van der Waals surface area contributed by atoms with Gasteiger partial charge in [-0.1, -0.05) is 6.92 Å². The fraction of sp³-hybridized carbons (Fsp3) is 0.714. The van der Waals surface area contributed by atoms with Crippen LogP contribution in [0.5, 0.6) is 0 Å². The Bertz CT molecular complexity index is 290. The fourth-order valence-electron chi connectivity index (χ4n) is 1.56. The van der Waals surface area contributed by atoms with Crippen LogP contribution in [0.15, 0.2) is 22.8 Å². The molecule has 0 aliphatic heterocycles. The number of aliphatic hydroxyl groups excluding tert-OH is 1. The molecule has 0 saturated heterocycles. The second-order valence-corrected chi connectivity index (χ2v) is 4.42. The first kappa shape index (κ1) is 16.2. The molecule has 1 aromatic rings. The van der Waals surface area contributed by atoms with Crippen LogP contribution in [-0.4, -0.2) is 44.1 Å². The zero-order valence-electron chi connectivity index (χ0n) is 11.6. The third-order valence-corrected chi connectivity index (χ3v) is 2.51. The molecule has 1 atom stereocenters. The molecular weight excluding hydrogens is 246 g/mol. The van der Waals surface area contributed by atoms with Crippen LogP contribution >= 0.6 is 0 Å². The predicted octanol–water partition coefficient (Wildman–Crippen LogP) is 1.56. The van der Waals surface area contributed by atoms with Crippen LogP contribution in [0.4, 0.5) is 0 Å². The normalized spacial score (nSPS) is 12.7. The average Bonchev–Trinajstić information content (AvgIpc) is 2.91. The van der Waals surface area contributed by atoms with Gasteiger partial charge in [-0.05, 0) is 31.5 Å². The summed E-state index contributed by atoms with van der Waals surface area (Å²) < 4.78 is 15.8. The van der Waals surface area contributed by atoms with E-state index in [0.717, 1.165) is 38.4 Å². The van der Waals surface area contributed by atoms with Gasteiger partial charge in [0.1, 0.15) is 12.4 Å². The van der Waals surface area contributed by atoms with Gasteiger partial charge in [0.2, 0.25) is 0 Å². The molecule has 1 rings (SSSR count). The van der Waals surface area contributed by atoms with Gasteiger partial charge in [-0.2, -0.15) is 0 Å². The lowest BCUT2D eigenvalue weighted by molar-refractivity contribution is 0.0225. The molecule has 1 unspecified atom stereocenters. The largest absolute Gasteiger partial charge is 0.467 e. The quantitative estimate of drug-likeness (QED) is 0.565. The monoisotopic (exact) mass is 271 g/mol. The van der Waals surface area contributed by atoms with Crippen LogP contribution < -0.4 is 5.32 Å². The molecule has 110 valence electrons. The minimum Gasteiger partial charge on any atom is -0.467 e. The smallest absolute Gasteiger partial charge is 0.129 e. The van der Waals surface area contributed by atoms with E-state index in [1.165, 1.54) is 0 Å². The number of rotatable bonds is 12. The topological polar surface area (TPSA) is 63.9 Å². The van der Waals surface area contributed by atoms with Crippen LogP contribution in [0.3, 0.4) is 0 Å². The highest BCUT2D eigenvalue weighted by atomic mass is 16.5. The summed E-state index contributed by atoms with van der Waals surface area (Å²) in [6, 6.07) is 3.66. The first-order valence-electron chi connectivity index (χ1n) is 6.89. The molecule has 1 aromatic heterocycles. The van der Waals surface area contributed by atoms with Gasteiger partial charge in [-0.3, -0.25) is 0 Å². The van der Waals surface area contributed by atoms with Crippen LogP contribution in [0.25, 0.3) is 0 Å². The van der Waals surface area contributed by atoms with Crippen molar-refractivity contribution in [3.05, 3.63) is 24.2 Å². The van der Waals surface area contributed by atoms with Gasteiger partial charge >= 0.3 is 0 Å². The highest BCUT2D eigenvalue weighted by Crippen LogP contribution is 2.01. The van der Waals surface area contributed by atoms with Gasteiger partial charge in [0.05, 0.1) is 19.0 Å². The maximum absolute atomic E-state index is 9.67. The van der Waals surface area contributed by atoms with Gasteiger partial charge in [0, 0.05) is 19.8 Å². The first-order valence-corrected chi connectivity index (χ1v) is 6.89. The number of hydrogen-bond acceptors (Lipinski definition) is 5. The van der Waals surface area contributed by atoms with E-state index in [4.69, 9.17) is 13.9 Å². The predicted molar refractivity (Wildman–Crippen MR) is 73.0 cm³/mol. The van der Waals surface area contributed by atoms with E-state index in [0.29, 0.717) is 19.8 Å². The molecule has 0 aliphatic carbocycles. The average molecular weight is 271 g/mol. The van der Waals surface area contributed by atoms with Crippen LogP contribution in [0.2, 0.25) is 0 Å². The lowest BCUT2D eigenvalue weighted by Crippen LogP contribution is -2.31. The van der Waals surface area contributed by atoms with Gasteiger partial charge in [-0.15, -0.1) is 0 Å². The molecule has 0 aliphatic rings. The Morgan fingerprint density at radius 3 is 3.00 bits per heavy atom. The molecule has 1 heterocycles. The zero-order valence-corrected chi connectivity index (χ0v) is 11.6. The van der Waals surface area contributed by atoms with E-state index >= 15 is 0 Å². The van der Waals surface area contributed by atoms with Gasteiger partial charge < -0.3 is 24.3 Å². The number of hydrogen-bond donors (Lipinski definition) is 2. The van der Waals surface area contributed by atoms with Crippen molar-refractivity contribution in [2.75, 3.05) is 32.9 Å². The Hall–Kier alpha value is -0.880. The van der Waals surface area contributed by atoms with Crippen molar-refractivity contribution >= 4 is 0 Å². The Labute approximate surface area is 114 Å². The minimum atomic E-state index is -0.494. The maximum Gasteiger partial charge on any atom is 0.129 e. The van der Waals surface area contributed by atoms with Gasteiger partial charge in [0.15, 0.2) is 0 Å². The van der Waals surface area contributed by atoms with Gasteiger partial charge in [0.25, 0.3) is 0 Å². The van der Waals surface area contributed by atoms with Crippen molar-refractivity contribution in [3.8, 4) is 0 Å². The molecule has 0 bridgehead atoms. The van der Waals surface area contributed by atoms with Gasteiger partial charge in [-0.25, -0.2) is 0 Å². The van der Waals surface area contributed by atoms with Crippen molar-refractivity contribution < 1.29 is 19.0 Å². The molecule has 0 fully saturated rings. The van der Waals surface area contributed by atoms with Crippen molar-refractivity contribution in [1.82, 2.24) is 5.32 Å². The highest BCUT2D eigenvalue weighted by molar-refractivity contribution is 4.96. The molecule has 0 spiro atoms. The van der Waals surface area contributed by atoms with Crippen LogP contribution in [0, 0.1) is 0 Å². The van der Waals surface area contributed by atoms with Crippen LogP contribution in [-0.2, 0) is 16.1 Å². The summed E-state index contributed by atoms with van der Waals surface area (Å²) in [5, 5.41) is 12.8. The molecular formula is C14H25NO4. The van der Waals surface area contributed by atoms with E-state index in [1.54, 1.807) is 6.26 Å². The first-order chi connectivity index (χ1) is 9.33. The van der Waals surface area contributed by atoms with Crippen molar-refractivity contribution in [2.24, 2.45) is 0 Å². The lowest BCUT2D eigenvalue weighted by Gasteiger charge is -2.11. The Balaban J connectivity index is 1.86. The van der Waals surface area contributed by atoms with E-state index in [-0.39, 0.29) is 0 Å². The summed E-state index contributed by atoms with van der Waals surface area (Å²) in [6.07, 6.45) is 3.13. The summed E-state index contributed by atoms with van der Waals surface area (Å²) in [5.41, 5.74) is 0. The zero-order chi connectivity index (χ0) is 13.8. The number of nitrogens with one attached hydrogen (secondary N) is 1. The summed E-state index contributed by atoms with van der Waals surface area (Å²) in [7, 11) is 0. The standard InChI is InChI=1S/C14H25NO4/c1-2-7-17-8-4-6-15-10-13(16)11-18-12-14-5-3-9-19-14/h3,5,9,13,15-16H,2,4,6-8,10-12H2,1H3. The Morgan fingerprint density at radius 1 is 1.37 bits per heavy atom.